The lowest BCUT2D eigenvalue weighted by Gasteiger charge is -2.28. The Bertz CT molecular complexity index is 616. The van der Waals surface area contributed by atoms with E-state index in [-0.39, 0.29) is 49.5 Å². The normalized spacial score (nSPS) is 16.8. The number of carbonyl (C=O) groups excluding carboxylic acids is 3. The van der Waals surface area contributed by atoms with Crippen molar-refractivity contribution in [2.24, 2.45) is 11.8 Å². The van der Waals surface area contributed by atoms with Crippen molar-refractivity contribution in [3.63, 3.8) is 0 Å². The number of allylic oxidation sites excluding steroid dienone is 2. The number of amides is 2. The fourth-order valence-corrected chi connectivity index (χ4v) is 4.22. The van der Waals surface area contributed by atoms with E-state index in [1.165, 1.54) is 19.3 Å². The molecular weight excluding hydrogens is 420 g/mol. The molecule has 0 aromatic heterocycles. The molecule has 1 saturated carbocycles. The number of ether oxygens (including phenoxy) is 1. The number of unbranched alkanes of at least 4 members (excludes halogenated alkanes) is 2. The van der Waals surface area contributed by atoms with Crippen LogP contribution in [0, 0.1) is 11.8 Å². The third kappa shape index (κ3) is 13.2. The van der Waals surface area contributed by atoms with E-state index in [0.717, 1.165) is 38.5 Å². The number of hydrogen-bond acceptors (Lipinski definition) is 5. The Morgan fingerprint density at radius 2 is 1.82 bits per heavy atom. The fraction of sp³-hybridized carbons (Fsp3) is 0.731. The lowest BCUT2D eigenvalue weighted by molar-refractivity contribution is -0.145. The van der Waals surface area contributed by atoms with Crippen LogP contribution in [-0.4, -0.2) is 48.2 Å². The van der Waals surface area contributed by atoms with Gasteiger partial charge in [-0.15, -0.1) is 13.2 Å². The highest BCUT2D eigenvalue weighted by Gasteiger charge is 2.26. The summed E-state index contributed by atoms with van der Waals surface area (Å²) in [5.74, 6) is -0.821. The van der Waals surface area contributed by atoms with Crippen LogP contribution in [0.15, 0.2) is 25.3 Å². The lowest BCUT2D eigenvalue weighted by atomic mass is 9.84. The lowest BCUT2D eigenvalue weighted by Crippen LogP contribution is -2.45. The van der Waals surface area contributed by atoms with Gasteiger partial charge in [0.2, 0.25) is 11.8 Å². The minimum absolute atomic E-state index is 0.0153. The first-order valence-electron chi connectivity index (χ1n) is 12.5. The first kappa shape index (κ1) is 28.9. The SMILES string of the molecule is C=CCCCCC(=O)OC[C@H](CC1CCCCC1)NC(=O)[C@H](CC=C)CC(=O)N[C@@H](C)CO. The van der Waals surface area contributed by atoms with Crippen molar-refractivity contribution in [2.45, 2.75) is 96.1 Å². The maximum Gasteiger partial charge on any atom is 0.305 e. The molecule has 7 heteroatoms. The number of rotatable bonds is 17. The van der Waals surface area contributed by atoms with Gasteiger partial charge in [-0.05, 0) is 44.9 Å². The summed E-state index contributed by atoms with van der Waals surface area (Å²) in [5, 5.41) is 14.9. The van der Waals surface area contributed by atoms with E-state index < -0.39 is 5.92 Å². The third-order valence-electron chi connectivity index (χ3n) is 6.11. The average molecular weight is 465 g/mol. The molecule has 0 aliphatic heterocycles. The molecule has 1 aliphatic rings. The molecule has 3 atom stereocenters. The van der Waals surface area contributed by atoms with Gasteiger partial charge >= 0.3 is 5.97 Å². The number of hydrogen-bond donors (Lipinski definition) is 3. The van der Waals surface area contributed by atoms with Crippen LogP contribution in [-0.2, 0) is 19.1 Å². The first-order chi connectivity index (χ1) is 15.9. The molecule has 7 nitrogen and oxygen atoms in total. The molecule has 3 N–H and O–H groups in total. The second-order valence-electron chi connectivity index (χ2n) is 9.24. The van der Waals surface area contributed by atoms with Crippen LogP contribution in [0.1, 0.15) is 84.0 Å². The van der Waals surface area contributed by atoms with Gasteiger partial charge in [-0.2, -0.15) is 0 Å². The average Bonchev–Trinajstić information content (AvgIpc) is 2.80. The summed E-state index contributed by atoms with van der Waals surface area (Å²) < 4.78 is 5.51. The summed E-state index contributed by atoms with van der Waals surface area (Å²) in [5.41, 5.74) is 0. The summed E-state index contributed by atoms with van der Waals surface area (Å²) >= 11 is 0. The molecule has 0 saturated heterocycles. The van der Waals surface area contributed by atoms with Crippen molar-refractivity contribution < 1.29 is 24.2 Å². The molecule has 1 rings (SSSR count). The number of carbonyl (C=O) groups is 3. The zero-order valence-electron chi connectivity index (χ0n) is 20.4. The minimum atomic E-state index is -0.558. The Hall–Kier alpha value is -2.15. The summed E-state index contributed by atoms with van der Waals surface area (Å²) in [6.45, 7) is 9.09. The summed E-state index contributed by atoms with van der Waals surface area (Å²) in [6.07, 6.45) is 13.4. The minimum Gasteiger partial charge on any atom is -0.463 e. The van der Waals surface area contributed by atoms with E-state index in [0.29, 0.717) is 18.8 Å². The molecule has 0 spiro atoms. The van der Waals surface area contributed by atoms with Crippen LogP contribution >= 0.6 is 0 Å². The Balaban J connectivity index is 2.69. The van der Waals surface area contributed by atoms with Crippen LogP contribution in [0.4, 0.5) is 0 Å². The van der Waals surface area contributed by atoms with Gasteiger partial charge in [0.1, 0.15) is 6.61 Å². The highest BCUT2D eigenvalue weighted by atomic mass is 16.5. The topological polar surface area (TPSA) is 105 Å². The van der Waals surface area contributed by atoms with Gasteiger partial charge in [0.15, 0.2) is 0 Å². The summed E-state index contributed by atoms with van der Waals surface area (Å²) in [7, 11) is 0. The van der Waals surface area contributed by atoms with Gasteiger partial charge in [0, 0.05) is 18.9 Å². The van der Waals surface area contributed by atoms with E-state index in [1.54, 1.807) is 13.0 Å². The van der Waals surface area contributed by atoms with E-state index in [9.17, 15) is 14.4 Å². The molecule has 33 heavy (non-hydrogen) atoms. The monoisotopic (exact) mass is 464 g/mol. The number of esters is 1. The first-order valence-corrected chi connectivity index (χ1v) is 12.5. The highest BCUT2D eigenvalue weighted by molar-refractivity contribution is 5.86. The van der Waals surface area contributed by atoms with Crippen molar-refractivity contribution in [3.05, 3.63) is 25.3 Å². The zero-order valence-corrected chi connectivity index (χ0v) is 20.4. The van der Waals surface area contributed by atoms with Gasteiger partial charge in [0.25, 0.3) is 0 Å². The molecule has 0 unspecified atom stereocenters. The Labute approximate surface area is 199 Å². The molecule has 0 radical (unpaired) electrons. The molecule has 188 valence electrons. The van der Waals surface area contributed by atoms with Crippen LogP contribution in [0.25, 0.3) is 0 Å². The molecule has 1 fully saturated rings. The maximum atomic E-state index is 13.0. The largest absolute Gasteiger partial charge is 0.463 e. The standard InChI is InChI=1S/C26H44N2O5/c1-4-6-7-11-15-25(31)33-19-23(16-21-13-9-8-10-14-21)28-26(32)22(12-5-2)17-24(30)27-20(3)18-29/h4-5,20-23,29H,1-2,6-19H2,3H3,(H,27,30)(H,28,32)/t20-,22+,23-/m0/s1. The van der Waals surface area contributed by atoms with Crippen LogP contribution < -0.4 is 10.6 Å². The summed E-state index contributed by atoms with van der Waals surface area (Å²) in [4.78, 5) is 37.4. The Kier molecular flexibility index (Phi) is 15.2. The number of aliphatic hydroxyl groups is 1. The molecule has 0 aromatic rings. The van der Waals surface area contributed by atoms with E-state index in [4.69, 9.17) is 9.84 Å². The fourth-order valence-electron chi connectivity index (χ4n) is 4.22. The Morgan fingerprint density at radius 3 is 2.45 bits per heavy atom. The molecule has 1 aliphatic carbocycles. The van der Waals surface area contributed by atoms with E-state index in [1.807, 2.05) is 6.08 Å². The van der Waals surface area contributed by atoms with Crippen molar-refractivity contribution >= 4 is 17.8 Å². The predicted octanol–water partition coefficient (Wildman–Crippen LogP) is 3.81. The van der Waals surface area contributed by atoms with Gasteiger partial charge in [-0.3, -0.25) is 14.4 Å². The third-order valence-corrected chi connectivity index (χ3v) is 6.11. The molecule has 2 amide bonds. The summed E-state index contributed by atoms with van der Waals surface area (Å²) in [6, 6.07) is -0.639. The van der Waals surface area contributed by atoms with Gasteiger partial charge in [-0.1, -0.05) is 44.3 Å². The molecular formula is C26H44N2O5. The van der Waals surface area contributed by atoms with E-state index >= 15 is 0 Å². The number of nitrogens with one attached hydrogen (secondary N) is 2. The van der Waals surface area contributed by atoms with Crippen molar-refractivity contribution in [1.29, 1.82) is 0 Å². The number of aliphatic hydroxyl groups excluding tert-OH is 1. The quantitative estimate of drug-likeness (QED) is 0.172. The van der Waals surface area contributed by atoms with Gasteiger partial charge in [0.05, 0.1) is 18.6 Å². The maximum absolute atomic E-state index is 13.0. The predicted molar refractivity (Wildman–Crippen MR) is 130 cm³/mol. The van der Waals surface area contributed by atoms with Crippen molar-refractivity contribution in [1.82, 2.24) is 10.6 Å². The van der Waals surface area contributed by atoms with Gasteiger partial charge < -0.3 is 20.5 Å². The van der Waals surface area contributed by atoms with Crippen molar-refractivity contribution in [3.8, 4) is 0 Å². The smallest absolute Gasteiger partial charge is 0.305 e. The van der Waals surface area contributed by atoms with Crippen LogP contribution in [0.3, 0.4) is 0 Å². The molecule has 0 aromatic carbocycles. The van der Waals surface area contributed by atoms with Crippen LogP contribution in [0.5, 0.6) is 0 Å². The molecule has 0 bridgehead atoms. The van der Waals surface area contributed by atoms with Crippen LogP contribution in [0.2, 0.25) is 0 Å². The van der Waals surface area contributed by atoms with Gasteiger partial charge in [-0.25, -0.2) is 0 Å². The zero-order chi connectivity index (χ0) is 24.5. The van der Waals surface area contributed by atoms with E-state index in [2.05, 4.69) is 23.8 Å². The van der Waals surface area contributed by atoms with Crippen molar-refractivity contribution in [2.75, 3.05) is 13.2 Å². The molecule has 0 heterocycles. The second-order valence-corrected chi connectivity index (χ2v) is 9.24. The second kappa shape index (κ2) is 17.3. The highest BCUT2D eigenvalue weighted by Crippen LogP contribution is 2.27. The Morgan fingerprint density at radius 1 is 1.09 bits per heavy atom.